The van der Waals surface area contributed by atoms with Crippen LogP contribution in [0.25, 0.3) is 0 Å². The van der Waals surface area contributed by atoms with E-state index in [2.05, 4.69) is 10.1 Å². The Labute approximate surface area is 268 Å². The van der Waals surface area contributed by atoms with E-state index < -0.39 is 101 Å². The molecule has 49 heavy (non-hydrogen) atoms. The topological polar surface area (TPSA) is 47.6 Å². The number of alkyl halides is 11. The van der Waals surface area contributed by atoms with Crippen LogP contribution in [0.3, 0.4) is 0 Å². The number of rotatable bonds is 10. The zero-order chi connectivity index (χ0) is 36.5. The van der Waals surface area contributed by atoms with Gasteiger partial charge in [0, 0.05) is 24.5 Å². The van der Waals surface area contributed by atoms with Gasteiger partial charge in [0.1, 0.15) is 29.3 Å². The molecule has 1 N–H and O–H groups in total. The Hall–Kier alpha value is -4.70. The van der Waals surface area contributed by atoms with Crippen LogP contribution in [0.1, 0.15) is 33.5 Å². The first-order chi connectivity index (χ1) is 22.7. The molecule has 0 bridgehead atoms. The molecule has 0 radical (unpaired) electrons. The third kappa shape index (κ3) is 8.31. The monoisotopic (exact) mass is 715 g/mol. The lowest BCUT2D eigenvalue weighted by Gasteiger charge is -2.39. The summed E-state index contributed by atoms with van der Waals surface area (Å²) >= 11 is 0. The summed E-state index contributed by atoms with van der Waals surface area (Å²) in [6.07, 6.45) is -23.6. The highest BCUT2D eigenvalue weighted by atomic mass is 19.4. The zero-order valence-corrected chi connectivity index (χ0v) is 24.6. The lowest BCUT2D eigenvalue weighted by molar-refractivity contribution is -0.253. The first-order valence-electron chi connectivity index (χ1n) is 13.8. The van der Waals surface area contributed by atoms with Crippen molar-refractivity contribution in [3.8, 4) is 11.5 Å². The van der Waals surface area contributed by atoms with Gasteiger partial charge in [0.25, 0.3) is 5.91 Å². The van der Waals surface area contributed by atoms with Crippen molar-refractivity contribution >= 4 is 5.91 Å². The van der Waals surface area contributed by atoms with Gasteiger partial charge in [-0.05, 0) is 65.2 Å². The van der Waals surface area contributed by atoms with Crippen molar-refractivity contribution < 1.29 is 71.3 Å². The second-order valence-electron chi connectivity index (χ2n) is 10.7. The van der Waals surface area contributed by atoms with Crippen LogP contribution in [-0.4, -0.2) is 37.9 Å². The average Bonchev–Trinajstić information content (AvgIpc) is 2.99. The van der Waals surface area contributed by atoms with Gasteiger partial charge in [-0.25, -0.2) is 13.2 Å². The van der Waals surface area contributed by atoms with Gasteiger partial charge in [0.15, 0.2) is 0 Å². The smallest absolute Gasteiger partial charge is 0.461 e. The normalized spacial score (nSPS) is 16.8. The van der Waals surface area contributed by atoms with E-state index in [1.807, 2.05) is 0 Å². The Bertz CT molecular complexity index is 1750. The number of halogens is 13. The highest BCUT2D eigenvalue weighted by Crippen LogP contribution is 2.44. The summed E-state index contributed by atoms with van der Waals surface area (Å²) in [4.78, 5) is 13.7. The fraction of sp³-hybridized carbons (Fsp3) is 0.281. The van der Waals surface area contributed by atoms with E-state index in [1.54, 1.807) is 0 Å². The van der Waals surface area contributed by atoms with Crippen molar-refractivity contribution in [1.82, 2.24) is 5.32 Å². The minimum Gasteiger partial charge on any atom is -0.497 e. The van der Waals surface area contributed by atoms with Crippen LogP contribution in [-0.2, 0) is 18.1 Å². The van der Waals surface area contributed by atoms with Gasteiger partial charge in [0.05, 0.1) is 23.8 Å². The van der Waals surface area contributed by atoms with E-state index in [0.717, 1.165) is 6.08 Å². The van der Waals surface area contributed by atoms with Gasteiger partial charge in [-0.1, -0.05) is 18.2 Å². The van der Waals surface area contributed by atoms with Gasteiger partial charge < -0.3 is 14.8 Å². The number of hydrogen-bond donors (Lipinski definition) is 1. The van der Waals surface area contributed by atoms with Gasteiger partial charge in [-0.15, -0.1) is 0 Å². The largest absolute Gasteiger partial charge is 0.497 e. The van der Waals surface area contributed by atoms with Crippen molar-refractivity contribution in [3.05, 3.63) is 118 Å². The summed E-state index contributed by atoms with van der Waals surface area (Å²) in [5.74, 6) is -5.87. The lowest BCUT2D eigenvalue weighted by atomic mass is 9.74. The molecule has 1 amide bonds. The Kier molecular flexibility index (Phi) is 10.4. The van der Waals surface area contributed by atoms with Crippen LogP contribution in [0.5, 0.6) is 11.5 Å². The highest BCUT2D eigenvalue weighted by Gasteiger charge is 2.47. The number of hydrogen-bond acceptors (Lipinski definition) is 3. The average molecular weight is 716 g/mol. The van der Waals surface area contributed by atoms with Gasteiger partial charge in [-0.2, -0.15) is 43.9 Å². The quantitative estimate of drug-likeness (QED) is 0.213. The summed E-state index contributed by atoms with van der Waals surface area (Å²) in [5.41, 5.74) is -8.54. The number of nitrogens with one attached hydrogen (secondary N) is 1. The molecule has 2 atom stereocenters. The molecule has 1 unspecified atom stereocenters. The minimum atomic E-state index is -5.33. The molecule has 0 spiro atoms. The summed E-state index contributed by atoms with van der Waals surface area (Å²) < 4.78 is 189. The van der Waals surface area contributed by atoms with Crippen molar-refractivity contribution in [2.75, 3.05) is 7.11 Å². The molecule has 0 fully saturated rings. The van der Waals surface area contributed by atoms with E-state index in [1.165, 1.54) is 31.4 Å². The molecule has 3 aromatic rings. The number of benzene rings is 3. The predicted octanol–water partition coefficient (Wildman–Crippen LogP) is 9.25. The third-order valence-corrected chi connectivity index (χ3v) is 7.37. The molecule has 0 aromatic heterocycles. The van der Waals surface area contributed by atoms with E-state index in [4.69, 9.17) is 4.74 Å². The van der Waals surface area contributed by atoms with Gasteiger partial charge in [0.2, 0.25) is 0 Å². The van der Waals surface area contributed by atoms with Crippen LogP contribution in [0.2, 0.25) is 0 Å². The molecule has 4 rings (SSSR count). The summed E-state index contributed by atoms with van der Waals surface area (Å²) in [6.45, 7) is 0. The Morgan fingerprint density at radius 3 is 2.10 bits per heavy atom. The fourth-order valence-electron chi connectivity index (χ4n) is 5.06. The number of allylic oxidation sites excluding steroid dienone is 2. The summed E-state index contributed by atoms with van der Waals surface area (Å²) in [5, 5.41) is 2.21. The minimum absolute atomic E-state index is 0.0793. The zero-order valence-electron chi connectivity index (χ0n) is 24.6. The standard InChI is InChI=1S/C32H22F13NO3/c1-48-21-6-2-16(3-7-21)15-29(18-5-9-26(35)24(13-18)31(41,42)43,19-11-20(33)14-22(12-19)49-32(44,45)28(36)37)46-27(47)17-4-8-25(34)23(10-17)30(38,39)40/h2-8,10-14,26,28H,9,15H2,1H3,(H,46,47)/t26?,29-/m1/s1. The number of ether oxygens (including phenoxy) is 2. The maximum Gasteiger partial charge on any atom is 0.461 e. The Morgan fingerprint density at radius 1 is 0.878 bits per heavy atom. The van der Waals surface area contributed by atoms with Crippen molar-refractivity contribution in [1.29, 1.82) is 0 Å². The number of carbonyl (C=O) groups excluding carboxylic acids is 1. The van der Waals surface area contributed by atoms with Crippen LogP contribution < -0.4 is 14.8 Å². The van der Waals surface area contributed by atoms with E-state index >= 15 is 4.39 Å². The highest BCUT2D eigenvalue weighted by molar-refractivity contribution is 5.95. The van der Waals surface area contributed by atoms with E-state index in [0.29, 0.717) is 18.2 Å². The molecular formula is C32H22F13NO3. The second kappa shape index (κ2) is 13.7. The Morgan fingerprint density at radius 2 is 1.53 bits per heavy atom. The van der Waals surface area contributed by atoms with E-state index in [9.17, 15) is 57.5 Å². The molecule has 1 aliphatic rings. The number of amides is 1. The van der Waals surface area contributed by atoms with Gasteiger partial charge >= 0.3 is 24.9 Å². The van der Waals surface area contributed by atoms with Crippen molar-refractivity contribution in [3.63, 3.8) is 0 Å². The van der Waals surface area contributed by atoms with Gasteiger partial charge in [-0.3, -0.25) is 4.79 Å². The molecule has 264 valence electrons. The van der Waals surface area contributed by atoms with Crippen LogP contribution in [0.4, 0.5) is 57.1 Å². The Balaban J connectivity index is 2.03. The van der Waals surface area contributed by atoms with Crippen LogP contribution >= 0.6 is 0 Å². The fourth-order valence-corrected chi connectivity index (χ4v) is 5.06. The lowest BCUT2D eigenvalue weighted by Crippen LogP contribution is -2.50. The molecule has 17 heteroatoms. The number of methoxy groups -OCH3 is 1. The summed E-state index contributed by atoms with van der Waals surface area (Å²) in [7, 11) is 1.28. The SMILES string of the molecule is COc1ccc(C[C@@](NC(=O)c2ccc(F)c(C(F)(F)F)c2)(C2=CCC(F)C(C(F)(F)F)=C2)c2cc(F)cc(OC(F)(F)C(F)F)c2)cc1. The maximum absolute atomic E-state index is 15.1. The third-order valence-electron chi connectivity index (χ3n) is 7.37. The molecule has 0 saturated heterocycles. The molecule has 3 aromatic carbocycles. The first-order valence-corrected chi connectivity index (χ1v) is 13.8. The summed E-state index contributed by atoms with van der Waals surface area (Å²) in [6, 6.07) is 7.44. The maximum atomic E-state index is 15.1. The van der Waals surface area contributed by atoms with Crippen molar-refractivity contribution in [2.24, 2.45) is 0 Å². The van der Waals surface area contributed by atoms with Crippen LogP contribution in [0.15, 0.2) is 84.0 Å². The van der Waals surface area contributed by atoms with E-state index in [-0.39, 0.29) is 35.6 Å². The molecule has 0 aliphatic heterocycles. The van der Waals surface area contributed by atoms with Crippen LogP contribution in [0, 0.1) is 11.6 Å². The number of carbonyl (C=O) groups is 1. The second-order valence-corrected chi connectivity index (χ2v) is 10.7. The molecule has 1 aliphatic carbocycles. The molecule has 0 heterocycles. The predicted molar refractivity (Wildman–Crippen MR) is 147 cm³/mol. The molecule has 4 nitrogen and oxygen atoms in total. The molecule has 0 saturated carbocycles. The van der Waals surface area contributed by atoms with Crippen molar-refractivity contribution in [2.45, 2.75) is 49.4 Å². The molecular weight excluding hydrogens is 693 g/mol. The first kappa shape index (κ1) is 37.1.